The molecule has 0 atom stereocenters. The summed E-state index contributed by atoms with van der Waals surface area (Å²) in [7, 11) is 1.90. The fourth-order valence-corrected chi connectivity index (χ4v) is 3.25. The van der Waals surface area contributed by atoms with E-state index in [1.807, 2.05) is 37.9 Å². The predicted octanol–water partition coefficient (Wildman–Crippen LogP) is 2.29. The molecule has 1 fully saturated rings. The van der Waals surface area contributed by atoms with Gasteiger partial charge in [0.1, 0.15) is 17.5 Å². The first-order valence-electron chi connectivity index (χ1n) is 9.55. The van der Waals surface area contributed by atoms with E-state index in [4.69, 9.17) is 9.97 Å². The first-order chi connectivity index (χ1) is 13.4. The molecule has 0 radical (unpaired) electrons. The average Bonchev–Trinajstić information content (AvgIpc) is 3.14. The molecule has 8 nitrogen and oxygen atoms in total. The van der Waals surface area contributed by atoms with Crippen LogP contribution in [0.25, 0.3) is 11.3 Å². The number of piperazine rings is 1. The third-order valence-electron chi connectivity index (χ3n) is 4.86. The van der Waals surface area contributed by atoms with E-state index in [0.717, 1.165) is 54.9 Å². The number of hydrogen-bond donors (Lipinski definition) is 0. The van der Waals surface area contributed by atoms with Crippen molar-refractivity contribution in [3.8, 4) is 11.3 Å². The Balaban J connectivity index is 1.46. The van der Waals surface area contributed by atoms with E-state index >= 15 is 0 Å². The number of rotatable bonds is 3. The van der Waals surface area contributed by atoms with Crippen LogP contribution in [0.4, 0.5) is 11.6 Å². The number of hydrogen-bond acceptors (Lipinski definition) is 7. The van der Waals surface area contributed by atoms with Crippen LogP contribution in [0.1, 0.15) is 26.6 Å². The van der Waals surface area contributed by atoms with Crippen molar-refractivity contribution >= 4 is 11.6 Å². The third-order valence-corrected chi connectivity index (χ3v) is 4.86. The summed E-state index contributed by atoms with van der Waals surface area (Å²) in [6, 6.07) is 1.99. The Morgan fingerprint density at radius 3 is 2.25 bits per heavy atom. The van der Waals surface area contributed by atoms with Gasteiger partial charge in [0, 0.05) is 56.6 Å². The molecule has 4 rings (SSSR count). The smallest absolute Gasteiger partial charge is 0.147 e. The van der Waals surface area contributed by atoms with Gasteiger partial charge in [0.15, 0.2) is 0 Å². The highest BCUT2D eigenvalue weighted by atomic mass is 15.3. The average molecular weight is 378 g/mol. The Morgan fingerprint density at radius 2 is 1.61 bits per heavy atom. The lowest BCUT2D eigenvalue weighted by atomic mass is 9.96. The number of aromatic nitrogens is 6. The largest absolute Gasteiger partial charge is 0.353 e. The first-order valence-corrected chi connectivity index (χ1v) is 9.55. The van der Waals surface area contributed by atoms with Crippen molar-refractivity contribution in [1.29, 1.82) is 0 Å². The van der Waals surface area contributed by atoms with Crippen LogP contribution in [0, 0.1) is 0 Å². The molecule has 28 heavy (non-hydrogen) atoms. The van der Waals surface area contributed by atoms with Crippen molar-refractivity contribution in [3.63, 3.8) is 0 Å². The summed E-state index contributed by atoms with van der Waals surface area (Å²) >= 11 is 0. The van der Waals surface area contributed by atoms with Crippen LogP contribution in [-0.4, -0.2) is 55.9 Å². The quantitative estimate of drug-likeness (QED) is 0.692. The normalized spacial score (nSPS) is 15.1. The highest BCUT2D eigenvalue weighted by Crippen LogP contribution is 2.23. The molecular weight excluding hydrogens is 352 g/mol. The van der Waals surface area contributed by atoms with Crippen LogP contribution < -0.4 is 9.80 Å². The van der Waals surface area contributed by atoms with Crippen molar-refractivity contribution < 1.29 is 0 Å². The van der Waals surface area contributed by atoms with Gasteiger partial charge in [-0.3, -0.25) is 9.67 Å². The summed E-state index contributed by atoms with van der Waals surface area (Å²) < 4.78 is 1.77. The molecule has 0 N–H and O–H groups in total. The van der Waals surface area contributed by atoms with E-state index in [1.165, 1.54) is 0 Å². The zero-order chi connectivity index (χ0) is 19.7. The Kier molecular flexibility index (Phi) is 4.70. The van der Waals surface area contributed by atoms with Gasteiger partial charge in [0.05, 0.1) is 24.3 Å². The summed E-state index contributed by atoms with van der Waals surface area (Å²) in [5, 5.41) is 4.22. The summed E-state index contributed by atoms with van der Waals surface area (Å²) in [5.74, 6) is 2.77. The monoisotopic (exact) mass is 378 g/mol. The minimum atomic E-state index is -0.0554. The molecule has 4 heterocycles. The molecule has 8 heteroatoms. The maximum absolute atomic E-state index is 4.79. The molecule has 3 aromatic rings. The Hall–Kier alpha value is -3.03. The molecule has 1 saturated heterocycles. The highest BCUT2D eigenvalue weighted by molar-refractivity contribution is 5.58. The van der Waals surface area contributed by atoms with Gasteiger partial charge in [0.25, 0.3) is 0 Å². The van der Waals surface area contributed by atoms with Crippen molar-refractivity contribution in [3.05, 3.63) is 42.9 Å². The van der Waals surface area contributed by atoms with Gasteiger partial charge < -0.3 is 9.80 Å². The van der Waals surface area contributed by atoms with Crippen molar-refractivity contribution in [2.24, 2.45) is 7.05 Å². The van der Waals surface area contributed by atoms with Gasteiger partial charge in [-0.2, -0.15) is 5.10 Å². The van der Waals surface area contributed by atoms with Crippen LogP contribution in [-0.2, 0) is 12.5 Å². The van der Waals surface area contributed by atoms with Crippen LogP contribution in [0.15, 0.2) is 37.1 Å². The molecule has 0 aliphatic carbocycles. The summed E-state index contributed by atoms with van der Waals surface area (Å²) in [5.41, 5.74) is 1.77. The zero-order valence-electron chi connectivity index (χ0n) is 16.9. The maximum Gasteiger partial charge on any atom is 0.147 e. The molecule has 3 aromatic heterocycles. The van der Waals surface area contributed by atoms with E-state index in [-0.39, 0.29) is 5.41 Å². The summed E-state index contributed by atoms with van der Waals surface area (Å²) in [4.78, 5) is 23.0. The Bertz CT molecular complexity index is 951. The molecular formula is C20H26N8. The molecule has 146 valence electrons. The van der Waals surface area contributed by atoms with E-state index in [1.54, 1.807) is 10.9 Å². The van der Waals surface area contributed by atoms with E-state index in [0.29, 0.717) is 0 Å². The molecule has 0 bridgehead atoms. The molecule has 1 aliphatic heterocycles. The second kappa shape index (κ2) is 7.18. The summed E-state index contributed by atoms with van der Waals surface area (Å²) in [6.07, 6.45) is 9.24. The minimum absolute atomic E-state index is 0.0554. The second-order valence-corrected chi connectivity index (χ2v) is 8.13. The van der Waals surface area contributed by atoms with E-state index in [9.17, 15) is 0 Å². The van der Waals surface area contributed by atoms with Crippen LogP contribution in [0.5, 0.6) is 0 Å². The van der Waals surface area contributed by atoms with E-state index in [2.05, 4.69) is 45.6 Å². The zero-order valence-corrected chi connectivity index (χ0v) is 16.9. The number of aryl methyl sites for hydroxylation is 1. The molecule has 0 amide bonds. The lowest BCUT2D eigenvalue weighted by Crippen LogP contribution is -2.47. The van der Waals surface area contributed by atoms with Gasteiger partial charge >= 0.3 is 0 Å². The fraction of sp³-hybridized carbons (Fsp3) is 0.450. The van der Waals surface area contributed by atoms with Gasteiger partial charge in [-0.15, -0.1) is 0 Å². The van der Waals surface area contributed by atoms with Crippen LogP contribution >= 0.6 is 0 Å². The molecule has 0 unspecified atom stereocenters. The van der Waals surface area contributed by atoms with Gasteiger partial charge in [-0.05, 0) is 6.07 Å². The van der Waals surface area contributed by atoms with Crippen molar-refractivity contribution in [2.45, 2.75) is 26.2 Å². The van der Waals surface area contributed by atoms with Crippen molar-refractivity contribution in [2.75, 3.05) is 36.0 Å². The lowest BCUT2D eigenvalue weighted by molar-refractivity contribution is 0.541. The molecule has 1 aliphatic rings. The van der Waals surface area contributed by atoms with Gasteiger partial charge in [-0.25, -0.2) is 15.0 Å². The Morgan fingerprint density at radius 1 is 0.893 bits per heavy atom. The molecule has 0 saturated carbocycles. The van der Waals surface area contributed by atoms with Gasteiger partial charge in [-0.1, -0.05) is 20.8 Å². The highest BCUT2D eigenvalue weighted by Gasteiger charge is 2.22. The molecule has 0 spiro atoms. The summed E-state index contributed by atoms with van der Waals surface area (Å²) in [6.45, 7) is 9.94. The van der Waals surface area contributed by atoms with Gasteiger partial charge in [0.2, 0.25) is 0 Å². The van der Waals surface area contributed by atoms with Crippen molar-refractivity contribution in [1.82, 2.24) is 29.7 Å². The number of anilines is 2. The first kappa shape index (κ1) is 18.3. The fourth-order valence-electron chi connectivity index (χ4n) is 3.25. The topological polar surface area (TPSA) is 75.9 Å². The SMILES string of the molecule is Cn1cc(-c2cncc(N3CCN(c4ccnc(C(C)(C)C)n4)CC3)n2)cn1. The lowest BCUT2D eigenvalue weighted by Gasteiger charge is -2.36. The maximum atomic E-state index is 4.79. The Labute approximate surface area is 165 Å². The second-order valence-electron chi connectivity index (χ2n) is 8.13. The predicted molar refractivity (Wildman–Crippen MR) is 109 cm³/mol. The number of nitrogens with zero attached hydrogens (tertiary/aromatic N) is 8. The molecule has 0 aromatic carbocycles. The third kappa shape index (κ3) is 3.81. The standard InChI is InChI=1S/C20H26N8/c1-20(2,3)19-22-6-5-17(25-19)27-7-9-28(10-8-27)18-13-21-12-16(24-18)15-11-23-26(4)14-15/h5-6,11-14H,7-10H2,1-4H3. The van der Waals surface area contributed by atoms with Crippen LogP contribution in [0.3, 0.4) is 0 Å². The minimum Gasteiger partial charge on any atom is -0.353 e. The van der Waals surface area contributed by atoms with Crippen LogP contribution in [0.2, 0.25) is 0 Å². The van der Waals surface area contributed by atoms with E-state index < -0.39 is 0 Å².